The minimum Gasteiger partial charge on any atom is -0.590 e. The second-order valence-corrected chi connectivity index (χ2v) is 3.08. The lowest BCUT2D eigenvalue weighted by Gasteiger charge is -2.20. The van der Waals surface area contributed by atoms with Crippen molar-refractivity contribution in [3.8, 4) is 0 Å². The molecule has 13 heavy (non-hydrogen) atoms. The van der Waals surface area contributed by atoms with Crippen molar-refractivity contribution in [3.63, 3.8) is 0 Å². The first-order chi connectivity index (χ1) is 6.27. The molecule has 0 saturated heterocycles. The molecule has 0 N–H and O–H groups in total. The normalized spacial score (nSPS) is 26.7. The van der Waals surface area contributed by atoms with E-state index in [1.165, 1.54) is 0 Å². The smallest absolute Gasteiger partial charge is 0.146 e. The van der Waals surface area contributed by atoms with E-state index in [-0.39, 0.29) is 12.1 Å². The maximum Gasteiger partial charge on any atom is 0.146 e. The number of benzene rings is 1. The molecule has 3 nitrogen and oxygen atoms in total. The topological polar surface area (TPSA) is 44.7 Å². The fraction of sp³-hybridized carbons (Fsp3) is 0.300. The number of hydrogen-bond acceptors (Lipinski definition) is 3. The van der Waals surface area contributed by atoms with Crippen LogP contribution in [0.2, 0.25) is 0 Å². The van der Waals surface area contributed by atoms with Crippen molar-refractivity contribution in [2.75, 3.05) is 0 Å². The van der Waals surface area contributed by atoms with E-state index in [4.69, 9.17) is 4.74 Å². The summed E-state index contributed by atoms with van der Waals surface area (Å²) in [6, 6.07) is 9.59. The summed E-state index contributed by atoms with van der Waals surface area (Å²) in [5.41, 5.74) is 1.00. The molecule has 1 aromatic rings. The highest BCUT2D eigenvalue weighted by molar-refractivity contribution is 5.64. The molecule has 0 bridgehead atoms. The Kier molecular flexibility index (Phi) is 1.93. The Balaban J connectivity index is 2.21. The highest BCUT2D eigenvalue weighted by Crippen LogP contribution is 2.27. The molecule has 0 spiro atoms. The third-order valence-electron chi connectivity index (χ3n) is 2.10. The average Bonchev–Trinajstić information content (AvgIpc) is 2.47. The molecular formula is C10H10NO2-. The molecule has 2 atom stereocenters. The zero-order chi connectivity index (χ0) is 9.26. The molecule has 0 aliphatic carbocycles. The van der Waals surface area contributed by atoms with Gasteiger partial charge >= 0.3 is 0 Å². The monoisotopic (exact) mass is 176 g/mol. The first-order valence-electron chi connectivity index (χ1n) is 4.24. The van der Waals surface area contributed by atoms with Crippen LogP contribution in [0, 0.1) is 0 Å². The Bertz CT molecular complexity index is 321. The molecule has 1 aliphatic heterocycles. The van der Waals surface area contributed by atoms with Crippen LogP contribution in [-0.4, -0.2) is 12.1 Å². The van der Waals surface area contributed by atoms with Crippen LogP contribution in [0.1, 0.15) is 18.6 Å². The third kappa shape index (κ3) is 1.49. The predicted octanol–water partition coefficient (Wildman–Crippen LogP) is 0.863. The summed E-state index contributed by atoms with van der Waals surface area (Å²) in [6.07, 6.45) is -0.657. The van der Waals surface area contributed by atoms with Gasteiger partial charge in [-0.2, -0.15) is 0 Å². The Labute approximate surface area is 76.7 Å². The largest absolute Gasteiger partial charge is 0.590 e. The Morgan fingerprint density at radius 2 is 2.00 bits per heavy atom. The lowest BCUT2D eigenvalue weighted by molar-refractivity contribution is -0.250. The van der Waals surface area contributed by atoms with E-state index in [1.807, 2.05) is 37.3 Å². The number of nitrogens with zero attached hydrogens (tertiary/aromatic N) is 1. The summed E-state index contributed by atoms with van der Waals surface area (Å²) in [7, 11) is 0. The van der Waals surface area contributed by atoms with Gasteiger partial charge in [0.25, 0.3) is 0 Å². The van der Waals surface area contributed by atoms with Gasteiger partial charge < -0.3 is 9.84 Å². The van der Waals surface area contributed by atoms with Crippen molar-refractivity contribution in [2.24, 2.45) is 4.99 Å². The standard InChI is InChI=1S/C10H11NO2/c1-7-9(13-10(12)11-7)8-5-3-2-4-6-8/h2-7,9H,1H3,(H,11,12)/p-1. The van der Waals surface area contributed by atoms with Crippen LogP contribution >= 0.6 is 0 Å². The first-order valence-corrected chi connectivity index (χ1v) is 4.24. The SMILES string of the molecule is CC1N=C([O-])OC1c1ccccc1. The quantitative estimate of drug-likeness (QED) is 0.637. The van der Waals surface area contributed by atoms with Crippen molar-refractivity contribution in [3.05, 3.63) is 35.9 Å². The van der Waals surface area contributed by atoms with Gasteiger partial charge in [0, 0.05) is 0 Å². The molecule has 0 radical (unpaired) electrons. The van der Waals surface area contributed by atoms with Crippen molar-refractivity contribution in [1.82, 2.24) is 0 Å². The lowest BCUT2D eigenvalue weighted by atomic mass is 10.0. The predicted molar refractivity (Wildman–Crippen MR) is 47.2 cm³/mol. The van der Waals surface area contributed by atoms with Gasteiger partial charge in [-0.05, 0) is 12.5 Å². The van der Waals surface area contributed by atoms with E-state index < -0.39 is 6.08 Å². The molecule has 0 amide bonds. The van der Waals surface area contributed by atoms with Gasteiger partial charge in [0.05, 0.1) is 12.1 Å². The van der Waals surface area contributed by atoms with Gasteiger partial charge in [-0.1, -0.05) is 30.3 Å². The van der Waals surface area contributed by atoms with E-state index in [0.717, 1.165) is 5.56 Å². The van der Waals surface area contributed by atoms with E-state index >= 15 is 0 Å². The lowest BCUT2D eigenvalue weighted by Crippen LogP contribution is -2.18. The highest BCUT2D eigenvalue weighted by Gasteiger charge is 2.20. The zero-order valence-electron chi connectivity index (χ0n) is 7.31. The van der Waals surface area contributed by atoms with Gasteiger partial charge in [-0.3, -0.25) is 4.99 Å². The van der Waals surface area contributed by atoms with Gasteiger partial charge in [0.15, 0.2) is 0 Å². The first kappa shape index (κ1) is 8.10. The van der Waals surface area contributed by atoms with Gasteiger partial charge in [0.1, 0.15) is 6.08 Å². The Hall–Kier alpha value is -1.51. The van der Waals surface area contributed by atoms with Crippen LogP contribution in [0.15, 0.2) is 35.3 Å². The molecule has 1 aromatic carbocycles. The Morgan fingerprint density at radius 1 is 1.31 bits per heavy atom. The summed E-state index contributed by atoms with van der Waals surface area (Å²) in [5, 5.41) is 10.8. The molecule has 1 heterocycles. The van der Waals surface area contributed by atoms with Crippen molar-refractivity contribution < 1.29 is 9.84 Å². The Morgan fingerprint density at radius 3 is 2.54 bits per heavy atom. The maximum absolute atomic E-state index is 10.8. The van der Waals surface area contributed by atoms with E-state index in [9.17, 15) is 5.11 Å². The number of aliphatic imine (C=N–C) groups is 1. The number of hydrogen-bond donors (Lipinski definition) is 0. The highest BCUT2D eigenvalue weighted by atomic mass is 16.6. The van der Waals surface area contributed by atoms with Crippen LogP contribution < -0.4 is 5.11 Å². The molecular weight excluding hydrogens is 166 g/mol. The van der Waals surface area contributed by atoms with Crippen LogP contribution in [0.25, 0.3) is 0 Å². The fourth-order valence-electron chi connectivity index (χ4n) is 1.46. The molecule has 0 saturated carbocycles. The molecule has 0 fully saturated rings. The zero-order valence-corrected chi connectivity index (χ0v) is 7.31. The number of rotatable bonds is 1. The van der Waals surface area contributed by atoms with Crippen LogP contribution in [0.4, 0.5) is 0 Å². The molecule has 2 rings (SSSR count). The summed E-state index contributed by atoms with van der Waals surface area (Å²) in [6.45, 7) is 1.88. The number of ether oxygens (including phenoxy) is 1. The van der Waals surface area contributed by atoms with E-state index in [1.54, 1.807) is 0 Å². The third-order valence-corrected chi connectivity index (χ3v) is 2.10. The molecule has 1 aliphatic rings. The van der Waals surface area contributed by atoms with Gasteiger partial charge in [-0.15, -0.1) is 0 Å². The summed E-state index contributed by atoms with van der Waals surface area (Å²) in [4.78, 5) is 3.79. The van der Waals surface area contributed by atoms with Crippen molar-refractivity contribution in [2.45, 2.75) is 19.1 Å². The average molecular weight is 176 g/mol. The van der Waals surface area contributed by atoms with Gasteiger partial charge in [0.2, 0.25) is 0 Å². The second kappa shape index (κ2) is 3.09. The van der Waals surface area contributed by atoms with Crippen LogP contribution in [0.5, 0.6) is 0 Å². The summed E-state index contributed by atoms with van der Waals surface area (Å²) >= 11 is 0. The van der Waals surface area contributed by atoms with E-state index in [0.29, 0.717) is 0 Å². The molecule has 3 heteroatoms. The molecule has 2 unspecified atom stereocenters. The minimum atomic E-state index is -0.457. The minimum absolute atomic E-state index is 0.0742. The van der Waals surface area contributed by atoms with Crippen molar-refractivity contribution >= 4 is 6.08 Å². The van der Waals surface area contributed by atoms with Crippen molar-refractivity contribution in [1.29, 1.82) is 0 Å². The van der Waals surface area contributed by atoms with Crippen LogP contribution in [-0.2, 0) is 4.74 Å². The molecule has 0 aromatic heterocycles. The van der Waals surface area contributed by atoms with E-state index in [2.05, 4.69) is 4.99 Å². The van der Waals surface area contributed by atoms with Crippen LogP contribution in [0.3, 0.4) is 0 Å². The van der Waals surface area contributed by atoms with Gasteiger partial charge in [-0.25, -0.2) is 0 Å². The second-order valence-electron chi connectivity index (χ2n) is 3.08. The summed E-state index contributed by atoms with van der Waals surface area (Å²) in [5.74, 6) is 0. The summed E-state index contributed by atoms with van der Waals surface area (Å²) < 4.78 is 5.05. The fourth-order valence-corrected chi connectivity index (χ4v) is 1.46. The maximum atomic E-state index is 10.8. The molecule has 68 valence electrons.